The van der Waals surface area contributed by atoms with Gasteiger partial charge in [-0.2, -0.15) is 10.4 Å². The standard InChI is InChI=1S/C21H21N5O2S/c1-13-14(2)24-26(21(28)16(13)10-22)12-19(27)25-9-5-6-15(11-25)20-23-17-7-3-4-8-18(17)29-20/h3-4,7-8,15H,5-6,9,11-12H2,1-2H3/t15-/m1/s1. The van der Waals surface area contributed by atoms with Crippen LogP contribution >= 0.6 is 11.3 Å². The first-order valence-electron chi connectivity index (χ1n) is 9.59. The van der Waals surface area contributed by atoms with Crippen LogP contribution in [0, 0.1) is 25.2 Å². The SMILES string of the molecule is Cc1nn(CC(=O)N2CCC[C@@H](c3nc4ccccc4s3)C2)c(=O)c(C#N)c1C. The number of hydrogen-bond acceptors (Lipinski definition) is 6. The Bertz CT molecular complexity index is 1160. The van der Waals surface area contributed by atoms with Crippen LogP contribution in [0.1, 0.15) is 40.6 Å². The first-order chi connectivity index (χ1) is 14.0. The summed E-state index contributed by atoms with van der Waals surface area (Å²) in [6.45, 7) is 4.53. The van der Waals surface area contributed by atoms with Crippen molar-refractivity contribution < 1.29 is 4.79 Å². The smallest absolute Gasteiger partial charge is 0.285 e. The Morgan fingerprint density at radius 3 is 2.90 bits per heavy atom. The lowest BCUT2D eigenvalue weighted by Crippen LogP contribution is -2.43. The number of aromatic nitrogens is 3. The van der Waals surface area contributed by atoms with Crippen molar-refractivity contribution in [2.45, 2.75) is 39.2 Å². The quantitative estimate of drug-likeness (QED) is 0.666. The normalized spacial score (nSPS) is 16.7. The molecule has 1 fully saturated rings. The molecule has 7 nitrogen and oxygen atoms in total. The molecule has 1 aromatic carbocycles. The van der Waals surface area contributed by atoms with E-state index in [2.05, 4.69) is 11.2 Å². The lowest BCUT2D eigenvalue weighted by atomic mass is 9.98. The second-order valence-corrected chi connectivity index (χ2v) is 8.42. The molecule has 0 radical (unpaired) electrons. The van der Waals surface area contributed by atoms with E-state index >= 15 is 0 Å². The van der Waals surface area contributed by atoms with E-state index in [1.54, 1.807) is 30.1 Å². The number of thiazole rings is 1. The third-order valence-corrected chi connectivity index (χ3v) is 6.67. The number of rotatable bonds is 3. The van der Waals surface area contributed by atoms with Crippen molar-refractivity contribution in [3.05, 3.63) is 56.4 Å². The highest BCUT2D eigenvalue weighted by Crippen LogP contribution is 2.33. The van der Waals surface area contributed by atoms with Crippen molar-refractivity contribution >= 4 is 27.5 Å². The van der Waals surface area contributed by atoms with E-state index in [1.165, 1.54) is 0 Å². The molecule has 2 aromatic heterocycles. The molecule has 1 atom stereocenters. The monoisotopic (exact) mass is 407 g/mol. The Kier molecular flexibility index (Phi) is 5.16. The number of likely N-dealkylation sites (tertiary alicyclic amines) is 1. The number of hydrogen-bond donors (Lipinski definition) is 0. The van der Waals surface area contributed by atoms with Gasteiger partial charge in [0.1, 0.15) is 18.2 Å². The molecular formula is C21H21N5O2S. The number of nitriles is 1. The number of carbonyl (C=O) groups is 1. The number of carbonyl (C=O) groups excluding carboxylic acids is 1. The lowest BCUT2D eigenvalue weighted by Gasteiger charge is -2.32. The third kappa shape index (κ3) is 3.66. The molecule has 1 aliphatic heterocycles. The van der Waals surface area contributed by atoms with Gasteiger partial charge in [0.25, 0.3) is 5.56 Å². The molecule has 0 saturated carbocycles. The number of benzene rings is 1. The minimum atomic E-state index is -0.510. The second kappa shape index (κ2) is 7.76. The van der Waals surface area contributed by atoms with Gasteiger partial charge in [-0.05, 0) is 44.4 Å². The summed E-state index contributed by atoms with van der Waals surface area (Å²) in [6.07, 6.45) is 1.88. The van der Waals surface area contributed by atoms with Gasteiger partial charge in [-0.15, -0.1) is 11.3 Å². The summed E-state index contributed by atoms with van der Waals surface area (Å²) >= 11 is 1.68. The van der Waals surface area contributed by atoms with Crippen LogP contribution in [0.3, 0.4) is 0 Å². The molecular weight excluding hydrogens is 386 g/mol. The molecule has 3 aromatic rings. The van der Waals surface area contributed by atoms with Gasteiger partial charge in [-0.1, -0.05) is 12.1 Å². The zero-order valence-electron chi connectivity index (χ0n) is 16.4. The van der Waals surface area contributed by atoms with Crippen molar-refractivity contribution in [3.63, 3.8) is 0 Å². The maximum absolute atomic E-state index is 12.9. The summed E-state index contributed by atoms with van der Waals surface area (Å²) in [5.41, 5.74) is 1.68. The average Bonchev–Trinajstić information content (AvgIpc) is 3.17. The summed E-state index contributed by atoms with van der Waals surface area (Å²) in [4.78, 5) is 31.9. The molecule has 1 aliphatic rings. The number of para-hydroxylation sites is 1. The topological polar surface area (TPSA) is 91.9 Å². The van der Waals surface area contributed by atoms with Crippen LogP contribution in [0.4, 0.5) is 0 Å². The van der Waals surface area contributed by atoms with Crippen molar-refractivity contribution in [1.82, 2.24) is 19.7 Å². The maximum Gasteiger partial charge on any atom is 0.285 e. The van der Waals surface area contributed by atoms with Gasteiger partial charge in [0.05, 0.1) is 20.9 Å². The fourth-order valence-corrected chi connectivity index (χ4v) is 4.80. The van der Waals surface area contributed by atoms with Gasteiger partial charge >= 0.3 is 0 Å². The summed E-state index contributed by atoms with van der Waals surface area (Å²) in [6, 6.07) is 9.98. The van der Waals surface area contributed by atoms with E-state index in [0.717, 1.165) is 32.7 Å². The van der Waals surface area contributed by atoms with Crippen LogP contribution in [-0.4, -0.2) is 38.7 Å². The maximum atomic E-state index is 12.9. The molecule has 29 heavy (non-hydrogen) atoms. The van der Waals surface area contributed by atoms with E-state index in [4.69, 9.17) is 4.98 Å². The van der Waals surface area contributed by atoms with Crippen LogP contribution in [0.5, 0.6) is 0 Å². The van der Waals surface area contributed by atoms with Gasteiger partial charge in [0.15, 0.2) is 0 Å². The minimum Gasteiger partial charge on any atom is -0.340 e. The molecule has 3 heterocycles. The highest BCUT2D eigenvalue weighted by atomic mass is 32.1. The number of fused-ring (bicyclic) bond motifs is 1. The Hall–Kier alpha value is -3.05. The molecule has 0 N–H and O–H groups in total. The summed E-state index contributed by atoms with van der Waals surface area (Å²) in [7, 11) is 0. The predicted molar refractivity (Wildman–Crippen MR) is 111 cm³/mol. The zero-order chi connectivity index (χ0) is 20.5. The number of amides is 1. The van der Waals surface area contributed by atoms with Gasteiger partial charge in [-0.25, -0.2) is 9.67 Å². The lowest BCUT2D eigenvalue weighted by molar-refractivity contribution is -0.133. The van der Waals surface area contributed by atoms with Gasteiger partial charge in [-0.3, -0.25) is 9.59 Å². The van der Waals surface area contributed by atoms with Crippen LogP contribution in [0.2, 0.25) is 0 Å². The number of nitrogens with zero attached hydrogens (tertiary/aromatic N) is 5. The molecule has 0 bridgehead atoms. The van der Waals surface area contributed by atoms with E-state index in [1.807, 2.05) is 24.3 Å². The average molecular weight is 407 g/mol. The van der Waals surface area contributed by atoms with Gasteiger partial charge in [0.2, 0.25) is 5.91 Å². The highest BCUT2D eigenvalue weighted by molar-refractivity contribution is 7.18. The van der Waals surface area contributed by atoms with Crippen molar-refractivity contribution in [3.8, 4) is 6.07 Å². The first kappa shape index (κ1) is 19.3. The summed E-state index contributed by atoms with van der Waals surface area (Å²) < 4.78 is 2.27. The van der Waals surface area contributed by atoms with E-state index in [-0.39, 0.29) is 23.9 Å². The van der Waals surface area contributed by atoms with Crippen LogP contribution in [0.25, 0.3) is 10.2 Å². The van der Waals surface area contributed by atoms with Gasteiger partial charge < -0.3 is 4.90 Å². The molecule has 1 saturated heterocycles. The number of piperidine rings is 1. The van der Waals surface area contributed by atoms with Crippen molar-refractivity contribution in [2.24, 2.45) is 0 Å². The Morgan fingerprint density at radius 2 is 2.14 bits per heavy atom. The molecule has 1 amide bonds. The molecule has 0 unspecified atom stereocenters. The fraction of sp³-hybridized carbons (Fsp3) is 0.381. The van der Waals surface area contributed by atoms with Crippen LogP contribution in [0.15, 0.2) is 29.1 Å². The predicted octanol–water partition coefficient (Wildman–Crippen LogP) is 2.75. The summed E-state index contributed by atoms with van der Waals surface area (Å²) in [5, 5.41) is 14.5. The zero-order valence-corrected chi connectivity index (χ0v) is 17.2. The number of aryl methyl sites for hydroxylation is 1. The Morgan fingerprint density at radius 1 is 1.34 bits per heavy atom. The molecule has 8 heteroatoms. The minimum absolute atomic E-state index is 0.0521. The molecule has 0 aliphatic carbocycles. The van der Waals surface area contributed by atoms with E-state index in [0.29, 0.717) is 24.3 Å². The molecule has 0 spiro atoms. The van der Waals surface area contributed by atoms with Crippen LogP contribution < -0.4 is 5.56 Å². The van der Waals surface area contributed by atoms with Crippen molar-refractivity contribution in [1.29, 1.82) is 5.26 Å². The highest BCUT2D eigenvalue weighted by Gasteiger charge is 2.27. The first-order valence-corrected chi connectivity index (χ1v) is 10.4. The fourth-order valence-electron chi connectivity index (χ4n) is 3.71. The van der Waals surface area contributed by atoms with Crippen molar-refractivity contribution in [2.75, 3.05) is 13.1 Å². The second-order valence-electron chi connectivity index (χ2n) is 7.36. The third-order valence-electron chi connectivity index (χ3n) is 5.47. The van der Waals surface area contributed by atoms with Crippen LogP contribution in [-0.2, 0) is 11.3 Å². The van der Waals surface area contributed by atoms with E-state index < -0.39 is 5.56 Å². The largest absolute Gasteiger partial charge is 0.340 e. The summed E-state index contributed by atoms with van der Waals surface area (Å²) in [5.74, 6) is 0.0433. The van der Waals surface area contributed by atoms with E-state index in [9.17, 15) is 14.9 Å². The Labute approximate surface area is 172 Å². The van der Waals surface area contributed by atoms with Gasteiger partial charge in [0, 0.05) is 19.0 Å². The Balaban J connectivity index is 1.53. The molecule has 4 rings (SSSR count). The molecule has 148 valence electrons.